The molecule has 3 unspecified atom stereocenters. The van der Waals surface area contributed by atoms with Crippen LogP contribution >= 0.6 is 22.7 Å². The number of rotatable bonds is 14. The third kappa shape index (κ3) is 10.6. The van der Waals surface area contributed by atoms with E-state index in [1.165, 1.54) is 36.4 Å². The van der Waals surface area contributed by atoms with Crippen molar-refractivity contribution < 1.29 is 84.3 Å². The lowest BCUT2D eigenvalue weighted by Crippen LogP contribution is -2.51. The first-order chi connectivity index (χ1) is 48.4. The zero-order valence-electron chi connectivity index (χ0n) is 51.8. The summed E-state index contributed by atoms with van der Waals surface area (Å²) in [6.07, 6.45) is 7.72. The van der Waals surface area contributed by atoms with E-state index in [0.29, 0.717) is 27.8 Å². The van der Waals surface area contributed by atoms with Crippen molar-refractivity contribution in [1.29, 1.82) is 0 Å². The maximum atomic E-state index is 15.4. The summed E-state index contributed by atoms with van der Waals surface area (Å²) in [5.41, 5.74) is -4.36. The fourth-order valence-corrected chi connectivity index (χ4v) is 15.3. The number of alkyl halides is 1. The first kappa shape index (κ1) is 62.9. The lowest BCUT2D eigenvalue weighted by atomic mass is 9.76. The molecular weight excluding hydrogens is 1330 g/mol. The van der Waals surface area contributed by atoms with Crippen molar-refractivity contribution in [3.63, 3.8) is 0 Å². The van der Waals surface area contributed by atoms with Crippen LogP contribution in [-0.2, 0) is 91.6 Å². The van der Waals surface area contributed by atoms with Crippen LogP contribution in [0.2, 0.25) is 0 Å². The maximum absolute atomic E-state index is 15.4. The molecule has 7 aromatic carbocycles. The highest BCUT2D eigenvalue weighted by molar-refractivity contribution is 7.14. The van der Waals surface area contributed by atoms with E-state index in [4.69, 9.17) is 38.4 Å². The summed E-state index contributed by atoms with van der Waals surface area (Å²) in [5, 5.41) is 0.154. The van der Waals surface area contributed by atoms with Crippen LogP contribution in [0.1, 0.15) is 106 Å². The number of allylic oxidation sites excluding steroid dienone is 9. The monoisotopic (exact) mass is 1370 g/mol. The standard InChI is InChI=1S/C78H46F4N2O14S2/c79-57-27-43-21-49-50(22-44(43)28-58(57)80)66(86)55(65(49)85)33-63-83-71-69(99-63)53-25-48-32-62-54(26-47(48)31-61(53)97-77(71,73(89)93-35-39-13-5-1-6-14-39)74(90)94-36-40-15-7-2-8-16-40)70-72(78(98-62,75(91)95-37-41-17-9-3-10-18-41)76(92)96-38-42-19-11-4-12-20-42)84-64(100-70)34-56-67(87)51-23-45-29-59(81)60(82)30-46(45)24-52(51)68(56)88/h1-29,31-34,47-48,60H,30,35-38H2/b56-34+. The molecule has 9 aromatic rings. The molecule has 0 amide bonds. The SMILES string of the molecule is O=C1C(=Cc2nc3c(s2)C2=CC4C=C5OC(C(=O)OCc6ccccc6)(C(=O)OCc6ccccc6)c6nc(/C=C7\C(=O)c8cc9c(cc8C7=O)CC(F)C(F)=C9)sc6C5=CC4C=C2OC3(C(=O)OCc2ccccc2)C(=O)OCc2ccccc2)C(=O)c2cc3cc(F)c(F)cc3cc21. The number of carbonyl (C=O) groups excluding carboxylic acids is 8. The summed E-state index contributed by atoms with van der Waals surface area (Å²) < 4.78 is 96.0. The number of fused-ring (bicyclic) bond motifs is 11. The van der Waals surface area contributed by atoms with Crippen molar-refractivity contribution in [2.75, 3.05) is 0 Å². The van der Waals surface area contributed by atoms with Gasteiger partial charge in [0.1, 0.15) is 65.2 Å². The number of halogens is 4. The van der Waals surface area contributed by atoms with E-state index in [2.05, 4.69) is 0 Å². The molecule has 0 radical (unpaired) electrons. The van der Waals surface area contributed by atoms with Crippen LogP contribution in [-0.4, -0.2) is 63.1 Å². The van der Waals surface area contributed by atoms with E-state index in [0.717, 1.165) is 40.9 Å². The summed E-state index contributed by atoms with van der Waals surface area (Å²) in [6, 6.07) is 41.5. The zero-order valence-corrected chi connectivity index (χ0v) is 53.4. The minimum absolute atomic E-state index is 0.0466. The second kappa shape index (κ2) is 24.6. The average Bonchev–Trinajstić information content (AvgIpc) is 1.34. The number of benzene rings is 7. The Morgan fingerprint density at radius 1 is 0.480 bits per heavy atom. The normalized spacial score (nSPS) is 18.9. The highest BCUT2D eigenvalue weighted by atomic mass is 32.1. The number of Topliss-reactive ketones (excluding diaryl/α,β-unsaturated/α-hetero) is 4. The molecule has 4 heterocycles. The number of aromatic nitrogens is 2. The summed E-state index contributed by atoms with van der Waals surface area (Å²) in [6.45, 7) is -1.45. The number of hydrogen-bond acceptors (Lipinski definition) is 18. The number of esters is 4. The molecule has 0 fully saturated rings. The molecule has 7 aliphatic rings. The zero-order chi connectivity index (χ0) is 68.9. The molecule has 16 rings (SSSR count). The van der Waals surface area contributed by atoms with E-state index in [1.54, 1.807) is 146 Å². The van der Waals surface area contributed by atoms with Gasteiger partial charge in [-0.1, -0.05) is 133 Å². The van der Waals surface area contributed by atoms with Crippen LogP contribution in [0.4, 0.5) is 17.6 Å². The predicted molar refractivity (Wildman–Crippen MR) is 355 cm³/mol. The van der Waals surface area contributed by atoms with Crippen LogP contribution in [0.3, 0.4) is 0 Å². The average molecular weight is 1380 g/mol. The van der Waals surface area contributed by atoms with Gasteiger partial charge < -0.3 is 28.4 Å². The molecule has 5 aliphatic carbocycles. The topological polar surface area (TPSA) is 218 Å². The minimum atomic E-state index is -2.87. The Labute approximate surface area is 572 Å². The molecule has 3 atom stereocenters. The minimum Gasteiger partial charge on any atom is -0.458 e. The Balaban J connectivity index is 0.846. The van der Waals surface area contributed by atoms with E-state index in [9.17, 15) is 36.7 Å². The van der Waals surface area contributed by atoms with E-state index in [-0.39, 0.29) is 131 Å². The second-order valence-corrected chi connectivity index (χ2v) is 26.5. The molecular formula is C78H46F4N2O14S2. The number of carbonyl (C=O) groups is 8. The lowest BCUT2D eigenvalue weighted by Gasteiger charge is -2.40. The van der Waals surface area contributed by atoms with Gasteiger partial charge in [-0.3, -0.25) is 19.2 Å². The molecule has 100 heavy (non-hydrogen) atoms. The van der Waals surface area contributed by atoms with Gasteiger partial charge in [-0.15, -0.1) is 22.7 Å². The lowest BCUT2D eigenvalue weighted by molar-refractivity contribution is -0.191. The number of ketones is 4. The largest absolute Gasteiger partial charge is 0.458 e. The van der Waals surface area contributed by atoms with Gasteiger partial charge in [-0.25, -0.2) is 46.7 Å². The molecule has 0 saturated carbocycles. The van der Waals surface area contributed by atoms with Crippen molar-refractivity contribution in [2.45, 2.75) is 50.2 Å². The molecule has 2 aliphatic heterocycles. The summed E-state index contributed by atoms with van der Waals surface area (Å²) in [4.78, 5) is 129. The molecule has 0 N–H and O–H groups in total. The van der Waals surface area contributed by atoms with Gasteiger partial charge in [0.05, 0.1) is 20.9 Å². The van der Waals surface area contributed by atoms with Crippen molar-refractivity contribution in [2.24, 2.45) is 11.8 Å². The van der Waals surface area contributed by atoms with Gasteiger partial charge in [0, 0.05) is 51.7 Å². The van der Waals surface area contributed by atoms with Crippen LogP contribution < -0.4 is 0 Å². The fourth-order valence-electron chi connectivity index (χ4n) is 13.1. The molecule has 16 nitrogen and oxygen atoms in total. The van der Waals surface area contributed by atoms with Gasteiger partial charge in [-0.2, -0.15) is 0 Å². The van der Waals surface area contributed by atoms with Crippen LogP contribution in [0, 0.1) is 23.5 Å². The number of hydrogen-bond donors (Lipinski definition) is 0. The predicted octanol–water partition coefficient (Wildman–Crippen LogP) is 14.1. The van der Waals surface area contributed by atoms with E-state index < -0.39 is 99.3 Å². The first-order valence-electron chi connectivity index (χ1n) is 31.3. The van der Waals surface area contributed by atoms with E-state index >= 15 is 19.2 Å². The highest BCUT2D eigenvalue weighted by Gasteiger charge is 2.63. The van der Waals surface area contributed by atoms with Gasteiger partial charge in [0.2, 0.25) is 0 Å². The van der Waals surface area contributed by atoms with Crippen molar-refractivity contribution in [3.8, 4) is 0 Å². The van der Waals surface area contributed by atoms with Crippen molar-refractivity contribution >= 4 is 110 Å². The third-order valence-corrected chi connectivity index (χ3v) is 20.2. The molecule has 22 heteroatoms. The van der Waals surface area contributed by atoms with Gasteiger partial charge in [-0.05, 0) is 111 Å². The van der Waals surface area contributed by atoms with Gasteiger partial charge >= 0.3 is 35.1 Å². The molecule has 0 bridgehead atoms. The maximum Gasteiger partial charge on any atom is 0.369 e. The highest BCUT2D eigenvalue weighted by Crippen LogP contribution is 2.56. The second-order valence-electron chi connectivity index (χ2n) is 24.4. The Morgan fingerprint density at radius 2 is 0.830 bits per heavy atom. The summed E-state index contributed by atoms with van der Waals surface area (Å²) >= 11 is 1.75. The Morgan fingerprint density at radius 3 is 1.20 bits per heavy atom. The van der Waals surface area contributed by atoms with Gasteiger partial charge in [0.15, 0.2) is 40.9 Å². The first-order valence-corrected chi connectivity index (χ1v) is 32.9. The fraction of sp³-hybridized carbons (Fsp3) is 0.128. The van der Waals surface area contributed by atoms with Crippen molar-refractivity contribution in [3.05, 3.63) is 309 Å². The van der Waals surface area contributed by atoms with Crippen LogP contribution in [0.25, 0.3) is 40.1 Å². The van der Waals surface area contributed by atoms with E-state index in [1.807, 2.05) is 0 Å². The van der Waals surface area contributed by atoms with Crippen molar-refractivity contribution in [1.82, 2.24) is 9.97 Å². The number of ether oxygens (including phenoxy) is 6. The quantitative estimate of drug-likeness (QED) is 0.0247. The van der Waals surface area contributed by atoms with Crippen LogP contribution in [0.5, 0.6) is 0 Å². The van der Waals surface area contributed by atoms with Gasteiger partial charge in [0.25, 0.3) is 0 Å². The van der Waals surface area contributed by atoms with Crippen LogP contribution in [0.15, 0.2) is 211 Å². The molecule has 0 spiro atoms. The Hall–Kier alpha value is -11.9. The summed E-state index contributed by atoms with van der Waals surface area (Å²) in [7, 11) is 0. The third-order valence-electron chi connectivity index (χ3n) is 18.1. The summed E-state index contributed by atoms with van der Waals surface area (Å²) in [5.74, 6) is -13.2. The molecule has 0 saturated heterocycles. The number of thiazole rings is 2. The number of nitrogens with zero attached hydrogens (tertiary/aromatic N) is 2. The Kier molecular flexibility index (Phi) is 15.5. The Bertz CT molecular complexity index is 5190. The molecule has 492 valence electrons. The smallest absolute Gasteiger partial charge is 0.369 e. The molecule has 2 aromatic heterocycles.